The van der Waals surface area contributed by atoms with Crippen molar-refractivity contribution in [3.05, 3.63) is 72.2 Å². The van der Waals surface area contributed by atoms with Gasteiger partial charge in [-0.2, -0.15) is 0 Å². The van der Waals surface area contributed by atoms with Crippen LogP contribution in [-0.4, -0.2) is 37.0 Å². The normalized spacial score (nSPS) is 12.0. The fraction of sp³-hybridized carbons (Fsp3) is 0.304. The van der Waals surface area contributed by atoms with Crippen LogP contribution in [-0.2, 0) is 13.1 Å². The van der Waals surface area contributed by atoms with E-state index in [2.05, 4.69) is 60.3 Å². The Morgan fingerprint density at radius 1 is 0.667 bits per heavy atom. The number of benzene rings is 2. The molecule has 4 heteroatoms. The Morgan fingerprint density at radius 2 is 1.15 bits per heavy atom. The molecule has 0 bridgehead atoms. The van der Waals surface area contributed by atoms with Crippen LogP contribution < -0.4 is 0 Å². The Hall–Kier alpha value is -2.56. The van der Waals surface area contributed by atoms with E-state index in [1.807, 2.05) is 12.1 Å². The summed E-state index contributed by atoms with van der Waals surface area (Å²) in [6.45, 7) is 4.01. The van der Waals surface area contributed by atoms with Gasteiger partial charge in [-0.25, -0.2) is 0 Å². The predicted molar refractivity (Wildman–Crippen MR) is 110 cm³/mol. The van der Waals surface area contributed by atoms with Crippen molar-refractivity contribution in [2.24, 2.45) is 0 Å². The van der Waals surface area contributed by atoms with Crippen LogP contribution in [0.3, 0.4) is 0 Å². The molecular weight excluding hydrogens is 336 g/mol. The molecule has 0 N–H and O–H groups in total. The summed E-state index contributed by atoms with van der Waals surface area (Å²) in [5.74, 6) is 0. The second-order valence-electron chi connectivity index (χ2n) is 7.41. The molecule has 4 aromatic rings. The van der Waals surface area contributed by atoms with Crippen molar-refractivity contribution in [3.8, 4) is 0 Å². The molecule has 2 aromatic carbocycles. The van der Waals surface area contributed by atoms with E-state index in [0.29, 0.717) is 0 Å². The van der Waals surface area contributed by atoms with Crippen LogP contribution in [0.25, 0.3) is 21.9 Å². The fourth-order valence-corrected chi connectivity index (χ4v) is 3.59. The third kappa shape index (κ3) is 4.41. The lowest BCUT2D eigenvalue weighted by molar-refractivity contribution is 0.270. The summed E-state index contributed by atoms with van der Waals surface area (Å²) < 4.78 is 11.0. The average Bonchev–Trinajstić information content (AvgIpc) is 3.29. The number of fused-ring (bicyclic) bond motifs is 2. The molecule has 0 atom stereocenters. The van der Waals surface area contributed by atoms with Crippen molar-refractivity contribution in [2.45, 2.75) is 19.5 Å². The molecule has 0 saturated carbocycles. The monoisotopic (exact) mass is 362 g/mol. The number of hydrogen-bond acceptors (Lipinski definition) is 4. The van der Waals surface area contributed by atoms with Crippen molar-refractivity contribution < 1.29 is 8.83 Å². The topological polar surface area (TPSA) is 32.8 Å². The van der Waals surface area contributed by atoms with Crippen LogP contribution in [0.2, 0.25) is 0 Å². The molecule has 0 saturated heterocycles. The maximum Gasteiger partial charge on any atom is 0.134 e. The minimum atomic E-state index is 0.940. The lowest BCUT2D eigenvalue weighted by Crippen LogP contribution is -2.25. The molecule has 27 heavy (non-hydrogen) atoms. The van der Waals surface area contributed by atoms with Gasteiger partial charge in [0.25, 0.3) is 0 Å². The first-order valence-electron chi connectivity index (χ1n) is 9.47. The molecule has 0 fully saturated rings. The number of rotatable bonds is 8. The predicted octanol–water partition coefficient (Wildman–Crippen LogP) is 5.13. The van der Waals surface area contributed by atoms with Crippen LogP contribution in [0.5, 0.6) is 0 Å². The average molecular weight is 362 g/mol. The number of hydrogen-bond donors (Lipinski definition) is 0. The lowest BCUT2D eigenvalue weighted by atomic mass is 10.1. The van der Waals surface area contributed by atoms with Gasteiger partial charge in [0.2, 0.25) is 0 Å². The van der Waals surface area contributed by atoms with E-state index in [4.69, 9.17) is 8.83 Å². The summed E-state index contributed by atoms with van der Waals surface area (Å²) in [5.41, 5.74) is 4.52. The van der Waals surface area contributed by atoms with Crippen LogP contribution in [0.15, 0.2) is 69.9 Å². The van der Waals surface area contributed by atoms with Crippen molar-refractivity contribution in [3.63, 3.8) is 0 Å². The van der Waals surface area contributed by atoms with Gasteiger partial charge >= 0.3 is 0 Å². The second kappa shape index (κ2) is 7.99. The zero-order valence-electron chi connectivity index (χ0n) is 16.0. The van der Waals surface area contributed by atoms with E-state index in [1.54, 1.807) is 12.5 Å². The zero-order valence-corrected chi connectivity index (χ0v) is 16.0. The van der Waals surface area contributed by atoms with Crippen molar-refractivity contribution in [1.82, 2.24) is 9.80 Å². The highest BCUT2D eigenvalue weighted by atomic mass is 16.3. The SMILES string of the molecule is CN(CCCN(C)Cc1ccc2ccoc2c1)Cc1ccc2ccoc2c1. The molecule has 0 spiro atoms. The van der Waals surface area contributed by atoms with Gasteiger partial charge in [0.15, 0.2) is 0 Å². The van der Waals surface area contributed by atoms with Gasteiger partial charge in [-0.15, -0.1) is 0 Å². The molecular formula is C23H26N2O2. The van der Waals surface area contributed by atoms with Crippen LogP contribution in [0.4, 0.5) is 0 Å². The Kier molecular flexibility index (Phi) is 5.28. The van der Waals surface area contributed by atoms with Gasteiger partial charge in [0.05, 0.1) is 12.5 Å². The van der Waals surface area contributed by atoms with Gasteiger partial charge in [-0.3, -0.25) is 0 Å². The van der Waals surface area contributed by atoms with Crippen molar-refractivity contribution in [2.75, 3.05) is 27.2 Å². The minimum Gasteiger partial charge on any atom is -0.464 e. The van der Waals surface area contributed by atoms with Gasteiger partial charge in [0, 0.05) is 23.9 Å². The lowest BCUT2D eigenvalue weighted by Gasteiger charge is -2.20. The summed E-state index contributed by atoms with van der Waals surface area (Å²) in [4.78, 5) is 4.74. The minimum absolute atomic E-state index is 0.940. The molecule has 2 heterocycles. The maximum absolute atomic E-state index is 5.50. The van der Waals surface area contributed by atoms with Crippen LogP contribution in [0, 0.1) is 0 Å². The number of nitrogens with zero attached hydrogens (tertiary/aromatic N) is 2. The molecule has 0 radical (unpaired) electrons. The van der Waals surface area contributed by atoms with E-state index < -0.39 is 0 Å². The first-order chi connectivity index (χ1) is 13.2. The summed E-state index contributed by atoms with van der Waals surface area (Å²) in [5, 5.41) is 2.33. The molecule has 0 aliphatic carbocycles. The van der Waals surface area contributed by atoms with E-state index in [1.165, 1.54) is 11.1 Å². The molecule has 0 aliphatic rings. The molecule has 4 rings (SSSR count). The number of furan rings is 2. The third-order valence-electron chi connectivity index (χ3n) is 5.03. The maximum atomic E-state index is 5.50. The third-order valence-corrected chi connectivity index (χ3v) is 5.03. The Bertz CT molecular complexity index is 935. The molecule has 0 aliphatic heterocycles. The van der Waals surface area contributed by atoms with Gasteiger partial charge in [0.1, 0.15) is 11.2 Å². The van der Waals surface area contributed by atoms with Gasteiger partial charge in [-0.1, -0.05) is 24.3 Å². The molecule has 140 valence electrons. The smallest absolute Gasteiger partial charge is 0.134 e. The summed E-state index contributed by atoms with van der Waals surface area (Å²) >= 11 is 0. The molecule has 2 aromatic heterocycles. The fourth-order valence-electron chi connectivity index (χ4n) is 3.59. The summed E-state index contributed by atoms with van der Waals surface area (Å²) in [6, 6.07) is 16.9. The van der Waals surface area contributed by atoms with Crippen LogP contribution in [0.1, 0.15) is 17.5 Å². The summed E-state index contributed by atoms with van der Waals surface area (Å²) in [6.07, 6.45) is 4.63. The Balaban J connectivity index is 1.23. The van der Waals surface area contributed by atoms with E-state index in [-0.39, 0.29) is 0 Å². The van der Waals surface area contributed by atoms with Gasteiger partial charge < -0.3 is 18.6 Å². The molecule has 4 nitrogen and oxygen atoms in total. The van der Waals surface area contributed by atoms with Crippen molar-refractivity contribution >= 4 is 21.9 Å². The highest BCUT2D eigenvalue weighted by Crippen LogP contribution is 2.19. The Labute approximate surface area is 160 Å². The second-order valence-corrected chi connectivity index (χ2v) is 7.41. The van der Waals surface area contributed by atoms with E-state index in [9.17, 15) is 0 Å². The highest BCUT2D eigenvalue weighted by Gasteiger charge is 2.06. The molecule has 0 unspecified atom stereocenters. The molecule has 0 amide bonds. The van der Waals surface area contributed by atoms with E-state index in [0.717, 1.165) is 54.5 Å². The quantitative estimate of drug-likeness (QED) is 0.435. The zero-order chi connectivity index (χ0) is 18.6. The standard InChI is InChI=1S/C23H26N2O2/c1-24(16-18-4-6-20-8-12-26-22(20)14-18)10-3-11-25(2)17-19-5-7-21-9-13-27-23(21)15-19/h4-9,12-15H,3,10-11,16-17H2,1-2H3. The van der Waals surface area contributed by atoms with Gasteiger partial charge in [-0.05, 0) is 69.0 Å². The first-order valence-corrected chi connectivity index (χ1v) is 9.47. The van der Waals surface area contributed by atoms with Crippen LogP contribution >= 0.6 is 0 Å². The summed E-state index contributed by atoms with van der Waals surface area (Å²) in [7, 11) is 4.36. The van der Waals surface area contributed by atoms with E-state index >= 15 is 0 Å². The largest absolute Gasteiger partial charge is 0.464 e. The van der Waals surface area contributed by atoms with Crippen molar-refractivity contribution in [1.29, 1.82) is 0 Å². The Morgan fingerprint density at radius 3 is 1.63 bits per heavy atom. The first kappa shape index (κ1) is 17.8. The highest BCUT2D eigenvalue weighted by molar-refractivity contribution is 5.78.